The van der Waals surface area contributed by atoms with Gasteiger partial charge in [0.2, 0.25) is 0 Å². The Hall–Kier alpha value is -0.430. The van der Waals surface area contributed by atoms with Crippen LogP contribution >= 0.6 is 27.3 Å². The molecule has 0 aliphatic carbocycles. The number of anilines is 1. The van der Waals surface area contributed by atoms with Crippen LogP contribution in [0.25, 0.3) is 0 Å². The van der Waals surface area contributed by atoms with E-state index in [-0.39, 0.29) is 25.2 Å². The number of carbonyl (C=O) groups excluding carboxylic acids is 1. The SMILES string of the molecule is O=C1COCC(CO)N1c1ccc(Br)s1. The number of thiophene rings is 1. The Bertz CT molecular complexity index is 368. The minimum Gasteiger partial charge on any atom is -0.394 e. The third kappa shape index (κ3) is 2.23. The van der Waals surface area contributed by atoms with Crippen molar-refractivity contribution in [1.82, 2.24) is 0 Å². The number of aliphatic hydroxyl groups is 1. The number of rotatable bonds is 2. The Balaban J connectivity index is 2.26. The number of aliphatic hydroxyl groups excluding tert-OH is 1. The number of hydrogen-bond acceptors (Lipinski definition) is 4. The van der Waals surface area contributed by atoms with Crippen molar-refractivity contribution < 1.29 is 14.6 Å². The summed E-state index contributed by atoms with van der Waals surface area (Å²) in [5, 5.41) is 10.0. The maximum atomic E-state index is 11.7. The first-order chi connectivity index (χ1) is 7.22. The smallest absolute Gasteiger partial charge is 0.254 e. The van der Waals surface area contributed by atoms with Crippen LogP contribution in [0.2, 0.25) is 0 Å². The number of ether oxygens (including phenoxy) is 1. The van der Waals surface area contributed by atoms with Gasteiger partial charge in [-0.2, -0.15) is 0 Å². The second-order valence-electron chi connectivity index (χ2n) is 3.19. The summed E-state index contributed by atoms with van der Waals surface area (Å²) >= 11 is 4.82. The summed E-state index contributed by atoms with van der Waals surface area (Å²) in [4.78, 5) is 13.3. The molecule has 1 aromatic heterocycles. The average Bonchev–Trinajstić information content (AvgIpc) is 2.64. The Morgan fingerprint density at radius 1 is 1.67 bits per heavy atom. The molecule has 6 heteroatoms. The highest BCUT2D eigenvalue weighted by molar-refractivity contribution is 9.11. The van der Waals surface area contributed by atoms with Crippen LogP contribution in [-0.4, -0.2) is 36.9 Å². The Labute approximate surface area is 99.6 Å². The van der Waals surface area contributed by atoms with Crippen molar-refractivity contribution >= 4 is 38.2 Å². The van der Waals surface area contributed by atoms with E-state index in [0.29, 0.717) is 6.61 Å². The molecular formula is C9H10BrNO3S. The lowest BCUT2D eigenvalue weighted by Gasteiger charge is -2.33. The molecule has 0 saturated carbocycles. The lowest BCUT2D eigenvalue weighted by atomic mass is 10.2. The van der Waals surface area contributed by atoms with Crippen molar-refractivity contribution in [2.45, 2.75) is 6.04 Å². The molecule has 1 N–H and O–H groups in total. The molecule has 1 aliphatic heterocycles. The topological polar surface area (TPSA) is 49.8 Å². The van der Waals surface area contributed by atoms with Crippen molar-refractivity contribution in [2.24, 2.45) is 0 Å². The van der Waals surface area contributed by atoms with E-state index in [1.54, 1.807) is 4.90 Å². The summed E-state index contributed by atoms with van der Waals surface area (Å²) in [5.74, 6) is -0.102. The summed E-state index contributed by atoms with van der Waals surface area (Å²) in [7, 11) is 0. The highest BCUT2D eigenvalue weighted by atomic mass is 79.9. The van der Waals surface area contributed by atoms with Crippen LogP contribution in [0.3, 0.4) is 0 Å². The zero-order valence-corrected chi connectivity index (χ0v) is 10.3. The lowest BCUT2D eigenvalue weighted by molar-refractivity contribution is -0.128. The zero-order valence-electron chi connectivity index (χ0n) is 7.85. The fourth-order valence-electron chi connectivity index (χ4n) is 1.50. The van der Waals surface area contributed by atoms with Crippen molar-refractivity contribution in [1.29, 1.82) is 0 Å². The first-order valence-electron chi connectivity index (χ1n) is 4.48. The summed E-state index contributed by atoms with van der Waals surface area (Å²) in [6.07, 6.45) is 0. The van der Waals surface area contributed by atoms with Gasteiger partial charge in [-0.1, -0.05) is 0 Å². The summed E-state index contributed by atoms with van der Waals surface area (Å²) in [6, 6.07) is 3.48. The highest BCUT2D eigenvalue weighted by Gasteiger charge is 2.30. The van der Waals surface area contributed by atoms with Gasteiger partial charge in [-0.3, -0.25) is 9.69 Å². The quantitative estimate of drug-likeness (QED) is 0.892. The molecule has 0 bridgehead atoms. The van der Waals surface area contributed by atoms with E-state index in [0.717, 1.165) is 8.79 Å². The molecule has 2 heterocycles. The number of halogens is 1. The maximum Gasteiger partial charge on any atom is 0.254 e. The van der Waals surface area contributed by atoms with Gasteiger partial charge in [0, 0.05) is 0 Å². The van der Waals surface area contributed by atoms with E-state index < -0.39 is 0 Å². The molecule has 4 nitrogen and oxygen atoms in total. The third-order valence-corrected chi connectivity index (χ3v) is 3.80. The van der Waals surface area contributed by atoms with E-state index in [9.17, 15) is 4.79 Å². The molecule has 15 heavy (non-hydrogen) atoms. The van der Waals surface area contributed by atoms with Gasteiger partial charge in [0.05, 0.1) is 28.0 Å². The molecule has 1 unspecified atom stereocenters. The van der Waals surface area contributed by atoms with Crippen molar-refractivity contribution in [2.75, 3.05) is 24.7 Å². The molecule has 82 valence electrons. The van der Waals surface area contributed by atoms with Gasteiger partial charge < -0.3 is 9.84 Å². The van der Waals surface area contributed by atoms with Crippen LogP contribution in [0.1, 0.15) is 0 Å². The Morgan fingerprint density at radius 2 is 2.47 bits per heavy atom. The third-order valence-electron chi connectivity index (χ3n) is 2.18. The predicted octanol–water partition coefficient (Wildman–Crippen LogP) is 1.23. The molecule has 1 aromatic rings. The lowest BCUT2D eigenvalue weighted by Crippen LogP contribution is -2.51. The molecule has 1 aliphatic rings. The van der Waals surface area contributed by atoms with Crippen LogP contribution in [0.15, 0.2) is 15.9 Å². The molecule has 0 aromatic carbocycles. The van der Waals surface area contributed by atoms with Crippen LogP contribution in [0.5, 0.6) is 0 Å². The second-order valence-corrected chi connectivity index (χ2v) is 5.63. The van der Waals surface area contributed by atoms with E-state index in [1.165, 1.54) is 11.3 Å². The van der Waals surface area contributed by atoms with Gasteiger partial charge in [-0.05, 0) is 28.1 Å². The molecule has 1 amide bonds. The van der Waals surface area contributed by atoms with E-state index >= 15 is 0 Å². The predicted molar refractivity (Wildman–Crippen MR) is 61.2 cm³/mol. The van der Waals surface area contributed by atoms with E-state index in [4.69, 9.17) is 9.84 Å². The van der Waals surface area contributed by atoms with Crippen molar-refractivity contribution in [3.05, 3.63) is 15.9 Å². The van der Waals surface area contributed by atoms with Crippen molar-refractivity contribution in [3.63, 3.8) is 0 Å². The highest BCUT2D eigenvalue weighted by Crippen LogP contribution is 2.32. The fraction of sp³-hybridized carbons (Fsp3) is 0.444. The van der Waals surface area contributed by atoms with Gasteiger partial charge in [-0.25, -0.2) is 0 Å². The van der Waals surface area contributed by atoms with Gasteiger partial charge in [-0.15, -0.1) is 11.3 Å². The summed E-state index contributed by atoms with van der Waals surface area (Å²) in [6.45, 7) is 0.394. The van der Waals surface area contributed by atoms with Crippen LogP contribution < -0.4 is 4.90 Å². The first-order valence-corrected chi connectivity index (χ1v) is 6.09. The average molecular weight is 292 g/mol. The van der Waals surface area contributed by atoms with Crippen LogP contribution in [0, 0.1) is 0 Å². The number of carbonyl (C=O) groups is 1. The van der Waals surface area contributed by atoms with Gasteiger partial charge in [0.15, 0.2) is 0 Å². The summed E-state index contributed by atoms with van der Waals surface area (Å²) in [5.41, 5.74) is 0. The molecular weight excluding hydrogens is 282 g/mol. The van der Waals surface area contributed by atoms with Crippen LogP contribution in [-0.2, 0) is 9.53 Å². The van der Waals surface area contributed by atoms with Gasteiger partial charge in [0.25, 0.3) is 5.91 Å². The van der Waals surface area contributed by atoms with Gasteiger partial charge >= 0.3 is 0 Å². The Kier molecular flexibility index (Phi) is 3.40. The van der Waals surface area contributed by atoms with Gasteiger partial charge in [0.1, 0.15) is 6.61 Å². The molecule has 1 saturated heterocycles. The Morgan fingerprint density at radius 3 is 3.07 bits per heavy atom. The fourth-order valence-corrected chi connectivity index (χ4v) is 2.95. The number of hydrogen-bond donors (Lipinski definition) is 1. The molecule has 2 rings (SSSR count). The molecule has 1 fully saturated rings. The van der Waals surface area contributed by atoms with E-state index in [1.807, 2.05) is 12.1 Å². The molecule has 0 radical (unpaired) electrons. The normalized spacial score (nSPS) is 22.1. The maximum absolute atomic E-state index is 11.7. The number of nitrogens with zero attached hydrogens (tertiary/aromatic N) is 1. The molecule has 1 atom stereocenters. The second kappa shape index (κ2) is 4.61. The minimum absolute atomic E-state index is 0.0821. The van der Waals surface area contributed by atoms with Crippen molar-refractivity contribution in [3.8, 4) is 0 Å². The number of morpholine rings is 1. The standard InChI is InChI=1S/C9H10BrNO3S/c10-7-1-2-9(15-7)11-6(3-12)4-14-5-8(11)13/h1-2,6,12H,3-5H2. The first kappa shape index (κ1) is 11.1. The summed E-state index contributed by atoms with van der Waals surface area (Å²) < 4.78 is 6.05. The largest absolute Gasteiger partial charge is 0.394 e. The van der Waals surface area contributed by atoms with Crippen LogP contribution in [0.4, 0.5) is 5.00 Å². The van der Waals surface area contributed by atoms with E-state index in [2.05, 4.69) is 15.9 Å². The molecule has 0 spiro atoms. The monoisotopic (exact) mass is 291 g/mol. The minimum atomic E-state index is -0.267. The number of amides is 1. The zero-order chi connectivity index (χ0) is 10.8.